The van der Waals surface area contributed by atoms with Gasteiger partial charge in [0.05, 0.1) is 16.1 Å². The Morgan fingerprint density at radius 2 is 1.61 bits per heavy atom. The van der Waals surface area contributed by atoms with Crippen LogP contribution in [0.3, 0.4) is 0 Å². The van der Waals surface area contributed by atoms with Gasteiger partial charge in [-0.15, -0.1) is 0 Å². The van der Waals surface area contributed by atoms with Gasteiger partial charge in [-0.2, -0.15) is 0 Å². The van der Waals surface area contributed by atoms with Crippen molar-refractivity contribution in [1.82, 2.24) is 0 Å². The molecule has 0 unspecified atom stereocenters. The lowest BCUT2D eigenvalue weighted by Crippen LogP contribution is -2.09. The number of carbonyl (C=O) groups excluding carboxylic acids is 1. The van der Waals surface area contributed by atoms with E-state index in [1.807, 2.05) is 0 Å². The van der Waals surface area contributed by atoms with E-state index in [-0.39, 0.29) is 27.5 Å². The molecule has 2 aromatic heterocycles. The van der Waals surface area contributed by atoms with E-state index in [0.29, 0.717) is 26.9 Å². The van der Waals surface area contributed by atoms with Gasteiger partial charge < -0.3 is 13.6 Å². The Labute approximate surface area is 195 Å². The fraction of sp³-hybridized carbons (Fsp3) is 0. The van der Waals surface area contributed by atoms with Crippen molar-refractivity contribution < 1.29 is 18.4 Å². The van der Waals surface area contributed by atoms with E-state index in [9.17, 15) is 14.4 Å². The van der Waals surface area contributed by atoms with Crippen LogP contribution in [-0.4, -0.2) is 5.97 Å². The summed E-state index contributed by atoms with van der Waals surface area (Å²) in [5.41, 5.74) is -0.114. The molecule has 5 rings (SSSR count). The van der Waals surface area contributed by atoms with Crippen LogP contribution in [0, 0.1) is 0 Å². The van der Waals surface area contributed by atoms with E-state index in [0.717, 1.165) is 0 Å². The van der Waals surface area contributed by atoms with Crippen LogP contribution in [0.15, 0.2) is 91.2 Å². The molecule has 0 N–H and O–H groups in total. The third-order valence-corrected chi connectivity index (χ3v) is 5.57. The fourth-order valence-electron chi connectivity index (χ4n) is 3.50. The van der Waals surface area contributed by atoms with Crippen LogP contribution in [0.4, 0.5) is 0 Å². The molecule has 8 heteroatoms. The molecule has 0 fully saturated rings. The van der Waals surface area contributed by atoms with E-state index < -0.39 is 17.2 Å². The van der Waals surface area contributed by atoms with E-state index in [1.165, 1.54) is 24.3 Å². The number of carbonyl (C=O) groups is 1. The quantitative estimate of drug-likeness (QED) is 0.177. The molecule has 0 saturated heterocycles. The first-order chi connectivity index (χ1) is 15.9. The van der Waals surface area contributed by atoms with Gasteiger partial charge in [-0.3, -0.25) is 0 Å². The molecule has 3 aromatic carbocycles. The highest BCUT2D eigenvalue weighted by atomic mass is 35.5. The molecule has 0 bridgehead atoms. The number of benzene rings is 3. The summed E-state index contributed by atoms with van der Waals surface area (Å²) >= 11 is 12.1. The molecule has 2 heterocycles. The molecule has 0 aliphatic rings. The lowest BCUT2D eigenvalue weighted by atomic mass is 10.0. The average molecular weight is 479 g/mol. The minimum Gasteiger partial charge on any atom is -0.423 e. The van der Waals surface area contributed by atoms with Gasteiger partial charge in [-0.05, 0) is 48.5 Å². The Balaban J connectivity index is 1.61. The molecule has 0 saturated carbocycles. The predicted molar refractivity (Wildman–Crippen MR) is 125 cm³/mol. The number of halogens is 2. The highest BCUT2D eigenvalue weighted by Gasteiger charge is 2.16. The van der Waals surface area contributed by atoms with Gasteiger partial charge in [-0.25, -0.2) is 14.4 Å². The number of ether oxygens (including phenoxy) is 1. The third kappa shape index (κ3) is 4.02. The van der Waals surface area contributed by atoms with Crippen molar-refractivity contribution in [2.75, 3.05) is 0 Å². The normalized spacial score (nSPS) is 11.1. The van der Waals surface area contributed by atoms with Gasteiger partial charge in [-0.1, -0.05) is 35.3 Å². The topological polar surface area (TPSA) is 86.7 Å². The third-order valence-electron chi connectivity index (χ3n) is 5.00. The zero-order valence-corrected chi connectivity index (χ0v) is 18.1. The molecular weight excluding hydrogens is 467 g/mol. The van der Waals surface area contributed by atoms with Crippen molar-refractivity contribution in [1.29, 1.82) is 0 Å². The van der Waals surface area contributed by atoms with Gasteiger partial charge in [0.15, 0.2) is 0 Å². The SMILES string of the molecule is O=C(Oc1ccc2c(-c3cc4cc(Cl)ccc4oc3=O)cc(=O)oc2c1)c1ccccc1Cl. The van der Waals surface area contributed by atoms with Crippen LogP contribution >= 0.6 is 23.2 Å². The summed E-state index contributed by atoms with van der Waals surface area (Å²) < 4.78 is 16.1. The van der Waals surface area contributed by atoms with Gasteiger partial charge in [0.25, 0.3) is 0 Å². The van der Waals surface area contributed by atoms with Crippen LogP contribution in [0.5, 0.6) is 5.75 Å². The molecule has 0 amide bonds. The molecule has 6 nitrogen and oxygen atoms in total. The lowest BCUT2D eigenvalue weighted by molar-refractivity contribution is 0.0735. The summed E-state index contributed by atoms with van der Waals surface area (Å²) in [5, 5.41) is 1.79. The summed E-state index contributed by atoms with van der Waals surface area (Å²) in [7, 11) is 0. The second-order valence-corrected chi connectivity index (χ2v) is 7.98. The Morgan fingerprint density at radius 1 is 0.788 bits per heavy atom. The second-order valence-electron chi connectivity index (χ2n) is 7.14. The van der Waals surface area contributed by atoms with Gasteiger partial charge in [0, 0.05) is 33.5 Å². The summed E-state index contributed by atoms with van der Waals surface area (Å²) in [6.07, 6.45) is 0. The number of fused-ring (bicyclic) bond motifs is 2. The van der Waals surface area contributed by atoms with E-state index >= 15 is 0 Å². The highest BCUT2D eigenvalue weighted by Crippen LogP contribution is 2.31. The summed E-state index contributed by atoms with van der Waals surface area (Å²) in [4.78, 5) is 37.4. The monoisotopic (exact) mass is 478 g/mol. The van der Waals surface area contributed by atoms with Crippen LogP contribution in [0.1, 0.15) is 10.4 Å². The maximum Gasteiger partial charge on any atom is 0.345 e. The van der Waals surface area contributed by atoms with Gasteiger partial charge in [0.2, 0.25) is 0 Å². The molecule has 5 aromatic rings. The molecule has 0 atom stereocenters. The molecular formula is C25H12Cl2O6. The number of hydrogen-bond donors (Lipinski definition) is 0. The maximum absolute atomic E-state index is 12.7. The lowest BCUT2D eigenvalue weighted by Gasteiger charge is -2.09. The molecule has 162 valence electrons. The van der Waals surface area contributed by atoms with Crippen molar-refractivity contribution in [2.45, 2.75) is 0 Å². The van der Waals surface area contributed by atoms with E-state index in [2.05, 4.69) is 0 Å². The standard InChI is InChI=1S/C25H12Cl2O6/c26-14-5-8-21-13(9-14)10-19(25(30)33-21)18-12-23(28)32-22-11-15(6-7-16(18)22)31-24(29)17-3-1-2-4-20(17)27/h1-12H. The zero-order valence-electron chi connectivity index (χ0n) is 16.6. The van der Waals surface area contributed by atoms with Gasteiger partial charge in [0.1, 0.15) is 16.9 Å². The smallest absolute Gasteiger partial charge is 0.345 e. The van der Waals surface area contributed by atoms with Crippen LogP contribution in [-0.2, 0) is 0 Å². The Kier molecular flexibility index (Phi) is 5.24. The first-order valence-electron chi connectivity index (χ1n) is 9.67. The van der Waals surface area contributed by atoms with Crippen molar-refractivity contribution in [2.24, 2.45) is 0 Å². The molecule has 0 spiro atoms. The van der Waals surface area contributed by atoms with E-state index in [1.54, 1.807) is 48.5 Å². The van der Waals surface area contributed by atoms with Crippen molar-refractivity contribution in [3.63, 3.8) is 0 Å². The minimum atomic E-state index is -0.683. The number of esters is 1. The van der Waals surface area contributed by atoms with Crippen LogP contribution in [0.2, 0.25) is 10.0 Å². The summed E-state index contributed by atoms with van der Waals surface area (Å²) in [5.74, 6) is -0.518. The fourth-order valence-corrected chi connectivity index (χ4v) is 3.89. The average Bonchev–Trinajstić information content (AvgIpc) is 2.78. The maximum atomic E-state index is 12.7. The Bertz CT molecular complexity index is 1680. The van der Waals surface area contributed by atoms with Gasteiger partial charge >= 0.3 is 17.2 Å². The minimum absolute atomic E-state index is 0.132. The highest BCUT2D eigenvalue weighted by molar-refractivity contribution is 6.33. The van der Waals surface area contributed by atoms with Crippen LogP contribution in [0.25, 0.3) is 33.1 Å². The molecule has 0 radical (unpaired) electrons. The number of rotatable bonds is 3. The second kappa shape index (κ2) is 8.24. The molecule has 33 heavy (non-hydrogen) atoms. The first-order valence-corrected chi connectivity index (χ1v) is 10.4. The first kappa shape index (κ1) is 21.0. The van der Waals surface area contributed by atoms with E-state index in [4.69, 9.17) is 36.8 Å². The Hall–Kier alpha value is -3.87. The van der Waals surface area contributed by atoms with Crippen molar-refractivity contribution >= 4 is 51.1 Å². The Morgan fingerprint density at radius 3 is 2.42 bits per heavy atom. The van der Waals surface area contributed by atoms with Crippen molar-refractivity contribution in [3.05, 3.63) is 109 Å². The summed E-state index contributed by atoms with van der Waals surface area (Å²) in [6.45, 7) is 0. The number of hydrogen-bond acceptors (Lipinski definition) is 6. The molecule has 0 aliphatic heterocycles. The summed E-state index contributed by atoms with van der Waals surface area (Å²) in [6, 6.07) is 18.7. The molecule has 0 aliphatic carbocycles. The van der Waals surface area contributed by atoms with Crippen LogP contribution < -0.4 is 16.0 Å². The van der Waals surface area contributed by atoms with Crippen molar-refractivity contribution in [3.8, 4) is 16.9 Å². The zero-order chi connectivity index (χ0) is 23.1. The predicted octanol–water partition coefficient (Wildman–Crippen LogP) is 6.09. The largest absolute Gasteiger partial charge is 0.423 e.